The summed E-state index contributed by atoms with van der Waals surface area (Å²) in [6, 6.07) is 15.0. The lowest BCUT2D eigenvalue weighted by Gasteiger charge is -2.35. The van der Waals surface area contributed by atoms with Crippen LogP contribution in [0.4, 0.5) is 23.0 Å². The standard InChI is InChI=1S/C27H26N8O3/c1-3-24(37)30-20-5-4-6-22(15-20)35-17-29-26(38)23-16-28-27(32-25(23)35)31-19-7-9-21(10-8-19)34-13-11-33(12-14-34)18(2)36/h3-10,15-17H,1,11-14H2,2H3,(H,30,37)(H,28,31,32). The average Bonchev–Trinajstić information content (AvgIpc) is 2.94. The Morgan fingerprint density at radius 1 is 0.974 bits per heavy atom. The van der Waals surface area contributed by atoms with Crippen molar-refractivity contribution in [2.75, 3.05) is 41.7 Å². The summed E-state index contributed by atoms with van der Waals surface area (Å²) in [4.78, 5) is 52.7. The van der Waals surface area contributed by atoms with E-state index in [1.807, 2.05) is 35.2 Å². The summed E-state index contributed by atoms with van der Waals surface area (Å²) in [5, 5.41) is 6.18. The van der Waals surface area contributed by atoms with Gasteiger partial charge in [0, 0.05) is 56.4 Å². The van der Waals surface area contributed by atoms with Crippen molar-refractivity contribution < 1.29 is 9.59 Å². The first-order valence-corrected chi connectivity index (χ1v) is 12.1. The summed E-state index contributed by atoms with van der Waals surface area (Å²) in [7, 11) is 0. The lowest BCUT2D eigenvalue weighted by molar-refractivity contribution is -0.129. The van der Waals surface area contributed by atoms with Crippen LogP contribution in [0.25, 0.3) is 16.7 Å². The van der Waals surface area contributed by atoms with Crippen LogP contribution in [0.3, 0.4) is 0 Å². The second-order valence-corrected chi connectivity index (χ2v) is 8.76. The van der Waals surface area contributed by atoms with Gasteiger partial charge in [-0.2, -0.15) is 9.97 Å². The van der Waals surface area contributed by atoms with Crippen LogP contribution in [-0.2, 0) is 9.59 Å². The maximum Gasteiger partial charge on any atom is 0.283 e. The third-order valence-corrected chi connectivity index (χ3v) is 6.31. The highest BCUT2D eigenvalue weighted by atomic mass is 16.2. The van der Waals surface area contributed by atoms with E-state index in [-0.39, 0.29) is 17.2 Å². The van der Waals surface area contributed by atoms with Crippen molar-refractivity contribution in [3.63, 3.8) is 0 Å². The Kier molecular flexibility index (Phi) is 6.81. The molecule has 0 spiro atoms. The van der Waals surface area contributed by atoms with Gasteiger partial charge in [0.2, 0.25) is 17.8 Å². The topological polar surface area (TPSA) is 125 Å². The summed E-state index contributed by atoms with van der Waals surface area (Å²) in [5.41, 5.74) is 3.01. The number of carbonyl (C=O) groups is 2. The van der Waals surface area contributed by atoms with E-state index in [9.17, 15) is 14.4 Å². The number of nitrogens with one attached hydrogen (secondary N) is 2. The summed E-state index contributed by atoms with van der Waals surface area (Å²) in [6.45, 7) is 8.05. The summed E-state index contributed by atoms with van der Waals surface area (Å²) in [6.07, 6.45) is 4.04. The van der Waals surface area contributed by atoms with Gasteiger partial charge in [0.15, 0.2) is 5.65 Å². The molecule has 192 valence electrons. The van der Waals surface area contributed by atoms with Crippen LogP contribution < -0.4 is 21.1 Å². The number of benzene rings is 2. The van der Waals surface area contributed by atoms with Crippen LogP contribution in [0.5, 0.6) is 0 Å². The monoisotopic (exact) mass is 510 g/mol. The van der Waals surface area contributed by atoms with Gasteiger partial charge in [0.1, 0.15) is 11.7 Å². The van der Waals surface area contributed by atoms with Gasteiger partial charge in [-0.1, -0.05) is 12.6 Å². The van der Waals surface area contributed by atoms with Crippen molar-refractivity contribution in [3.8, 4) is 5.69 Å². The first-order valence-electron chi connectivity index (χ1n) is 12.1. The van der Waals surface area contributed by atoms with Crippen LogP contribution >= 0.6 is 0 Å². The molecular weight excluding hydrogens is 484 g/mol. The molecule has 2 aromatic carbocycles. The molecule has 11 nitrogen and oxygen atoms in total. The molecule has 2 amide bonds. The SMILES string of the molecule is C=CC(=O)Nc1cccc(-n2cnc(=O)c3cnc(Nc4ccc(N5CCN(C(C)=O)CC5)cc4)nc32)c1. The van der Waals surface area contributed by atoms with Crippen LogP contribution in [0.1, 0.15) is 6.92 Å². The van der Waals surface area contributed by atoms with Crippen LogP contribution in [-0.4, -0.2) is 62.4 Å². The van der Waals surface area contributed by atoms with Crippen molar-refractivity contribution >= 4 is 45.9 Å². The van der Waals surface area contributed by atoms with E-state index in [1.54, 1.807) is 29.7 Å². The third kappa shape index (κ3) is 5.21. The molecule has 3 heterocycles. The molecule has 0 saturated carbocycles. The molecule has 5 rings (SSSR count). The van der Waals surface area contributed by atoms with Gasteiger partial charge in [-0.15, -0.1) is 0 Å². The van der Waals surface area contributed by atoms with Crippen molar-refractivity contribution in [3.05, 3.63) is 84.1 Å². The summed E-state index contributed by atoms with van der Waals surface area (Å²) in [5.74, 6) is 0.0897. The Labute approximate surface area is 218 Å². The number of hydrogen-bond acceptors (Lipinski definition) is 8. The molecular formula is C27H26N8O3. The highest BCUT2D eigenvalue weighted by Gasteiger charge is 2.18. The second kappa shape index (κ2) is 10.5. The predicted octanol–water partition coefficient (Wildman–Crippen LogP) is 2.71. The van der Waals surface area contributed by atoms with Crippen LogP contribution in [0.15, 0.2) is 78.5 Å². The van der Waals surface area contributed by atoms with E-state index in [4.69, 9.17) is 0 Å². The van der Waals surface area contributed by atoms with Gasteiger partial charge in [-0.25, -0.2) is 4.98 Å². The molecule has 2 N–H and O–H groups in total. The summed E-state index contributed by atoms with van der Waals surface area (Å²) < 4.78 is 1.66. The molecule has 38 heavy (non-hydrogen) atoms. The van der Waals surface area contributed by atoms with Crippen LogP contribution in [0.2, 0.25) is 0 Å². The zero-order valence-electron chi connectivity index (χ0n) is 20.8. The lowest BCUT2D eigenvalue weighted by Crippen LogP contribution is -2.48. The largest absolute Gasteiger partial charge is 0.368 e. The fourth-order valence-corrected chi connectivity index (χ4v) is 4.28. The molecule has 11 heteroatoms. The molecule has 0 radical (unpaired) electrons. The molecule has 4 aromatic rings. The summed E-state index contributed by atoms with van der Waals surface area (Å²) >= 11 is 0. The van der Waals surface area contributed by atoms with E-state index in [0.29, 0.717) is 36.1 Å². The maximum absolute atomic E-state index is 12.4. The minimum Gasteiger partial charge on any atom is -0.368 e. The van der Waals surface area contributed by atoms with Gasteiger partial charge in [0.25, 0.3) is 5.56 Å². The number of carbonyl (C=O) groups excluding carboxylic acids is 2. The van der Waals surface area contributed by atoms with E-state index in [2.05, 4.69) is 37.1 Å². The minimum absolute atomic E-state index is 0.105. The lowest BCUT2D eigenvalue weighted by atomic mass is 10.2. The van der Waals surface area contributed by atoms with Gasteiger partial charge in [0.05, 0.1) is 5.69 Å². The number of fused-ring (bicyclic) bond motifs is 1. The molecule has 1 fully saturated rings. The van der Waals surface area contributed by atoms with Crippen LogP contribution in [0, 0.1) is 0 Å². The van der Waals surface area contributed by atoms with E-state index >= 15 is 0 Å². The molecule has 1 aliphatic heterocycles. The van der Waals surface area contributed by atoms with Crippen molar-refractivity contribution in [1.82, 2.24) is 24.4 Å². The zero-order valence-corrected chi connectivity index (χ0v) is 20.8. The molecule has 0 atom stereocenters. The number of aromatic nitrogens is 4. The average molecular weight is 511 g/mol. The first kappa shape index (κ1) is 24.6. The zero-order chi connectivity index (χ0) is 26.6. The fourth-order valence-electron chi connectivity index (χ4n) is 4.28. The molecule has 1 aliphatic rings. The molecule has 0 aliphatic carbocycles. The Balaban J connectivity index is 1.39. The molecule has 0 bridgehead atoms. The van der Waals surface area contributed by atoms with Crippen molar-refractivity contribution in [2.45, 2.75) is 6.92 Å². The van der Waals surface area contributed by atoms with Gasteiger partial charge in [-0.3, -0.25) is 19.0 Å². The maximum atomic E-state index is 12.4. The number of piperazine rings is 1. The van der Waals surface area contributed by atoms with E-state index in [1.165, 1.54) is 18.6 Å². The highest BCUT2D eigenvalue weighted by Crippen LogP contribution is 2.23. The molecule has 0 unspecified atom stereocenters. The van der Waals surface area contributed by atoms with E-state index < -0.39 is 5.56 Å². The number of rotatable bonds is 6. The normalized spacial score (nSPS) is 13.3. The number of nitrogens with zero attached hydrogens (tertiary/aromatic N) is 6. The first-order chi connectivity index (χ1) is 18.4. The quantitative estimate of drug-likeness (QED) is 0.380. The van der Waals surface area contributed by atoms with E-state index in [0.717, 1.165) is 24.5 Å². The Hall–Kier alpha value is -5.06. The van der Waals surface area contributed by atoms with Gasteiger partial charge in [-0.05, 0) is 48.5 Å². The smallest absolute Gasteiger partial charge is 0.283 e. The minimum atomic E-state index is -0.437. The highest BCUT2D eigenvalue weighted by molar-refractivity contribution is 5.99. The number of hydrogen-bond donors (Lipinski definition) is 2. The second-order valence-electron chi connectivity index (χ2n) is 8.76. The van der Waals surface area contributed by atoms with Gasteiger partial charge < -0.3 is 20.4 Å². The number of anilines is 4. The molecule has 1 saturated heterocycles. The molecule has 2 aromatic heterocycles. The predicted molar refractivity (Wildman–Crippen MR) is 146 cm³/mol. The third-order valence-electron chi connectivity index (χ3n) is 6.31. The Morgan fingerprint density at radius 2 is 1.74 bits per heavy atom. The Bertz CT molecular complexity index is 1570. The van der Waals surface area contributed by atoms with Crippen molar-refractivity contribution in [2.24, 2.45) is 0 Å². The van der Waals surface area contributed by atoms with Gasteiger partial charge >= 0.3 is 0 Å². The van der Waals surface area contributed by atoms with Crippen molar-refractivity contribution in [1.29, 1.82) is 0 Å². The fraction of sp³-hybridized carbons (Fsp3) is 0.185. The number of amides is 2. The Morgan fingerprint density at radius 3 is 2.45 bits per heavy atom.